The number of carboxylic acid groups (broad SMARTS) is 1. The number of carbonyl (C=O) groups is 2. The Bertz CT molecular complexity index is 674. The molecule has 21 heavy (non-hydrogen) atoms. The normalized spacial score (nSPS) is 17.6. The van der Waals surface area contributed by atoms with E-state index in [1.165, 1.54) is 17.4 Å². The number of nitrogens with zero attached hydrogens (tertiary/aromatic N) is 3. The van der Waals surface area contributed by atoms with Crippen molar-refractivity contribution in [2.24, 2.45) is 0 Å². The number of rotatable bonds is 3. The fourth-order valence-electron chi connectivity index (χ4n) is 2.68. The third-order valence-electron chi connectivity index (χ3n) is 3.73. The second-order valence-electron chi connectivity index (χ2n) is 4.95. The molecule has 3 heterocycles. The third kappa shape index (κ3) is 2.20. The molecule has 0 spiro atoms. The fraction of sp³-hybridized carbons (Fsp3) is 0.357. The molecule has 2 aromatic rings. The lowest BCUT2D eigenvalue weighted by Crippen LogP contribution is -2.41. The number of furan rings is 1. The molecule has 7 nitrogen and oxygen atoms in total. The van der Waals surface area contributed by atoms with Crippen LogP contribution in [0.4, 0.5) is 0 Å². The van der Waals surface area contributed by atoms with Gasteiger partial charge in [0.15, 0.2) is 0 Å². The molecule has 2 aromatic heterocycles. The van der Waals surface area contributed by atoms with Gasteiger partial charge in [-0.05, 0) is 13.0 Å². The zero-order valence-electron chi connectivity index (χ0n) is 11.5. The molecule has 0 fully saturated rings. The summed E-state index contributed by atoms with van der Waals surface area (Å²) in [5, 5.41) is 9.46. The molecule has 3 rings (SSSR count). The lowest BCUT2D eigenvalue weighted by molar-refractivity contribution is -0.139. The van der Waals surface area contributed by atoms with Crippen molar-refractivity contribution in [2.45, 2.75) is 25.9 Å². The minimum Gasteiger partial charge on any atom is -0.481 e. The van der Waals surface area contributed by atoms with Gasteiger partial charge in [-0.15, -0.1) is 0 Å². The predicted octanol–water partition coefficient (Wildman–Crippen LogP) is 1.32. The Morgan fingerprint density at radius 2 is 2.33 bits per heavy atom. The molecule has 0 aliphatic carbocycles. The Labute approximate surface area is 120 Å². The van der Waals surface area contributed by atoms with E-state index in [0.29, 0.717) is 30.0 Å². The van der Waals surface area contributed by atoms with Gasteiger partial charge in [0.25, 0.3) is 5.91 Å². The Balaban J connectivity index is 1.95. The first-order valence-corrected chi connectivity index (χ1v) is 6.70. The van der Waals surface area contributed by atoms with Crippen molar-refractivity contribution < 1.29 is 19.1 Å². The predicted molar refractivity (Wildman–Crippen MR) is 71.7 cm³/mol. The summed E-state index contributed by atoms with van der Waals surface area (Å²) >= 11 is 0. The van der Waals surface area contributed by atoms with Crippen LogP contribution in [0, 0.1) is 0 Å². The van der Waals surface area contributed by atoms with E-state index in [2.05, 4.69) is 4.98 Å². The van der Waals surface area contributed by atoms with Crippen LogP contribution < -0.4 is 0 Å². The van der Waals surface area contributed by atoms with Crippen LogP contribution in [-0.4, -0.2) is 38.0 Å². The number of hydrogen-bond acceptors (Lipinski definition) is 4. The SMILES string of the molecule is CCn1cnc2c1C(C(=O)O)CN(C(=O)c1ccoc1)C2. The molecule has 0 bridgehead atoms. The van der Waals surface area contributed by atoms with Crippen LogP contribution in [0.15, 0.2) is 29.3 Å². The average molecular weight is 289 g/mol. The van der Waals surface area contributed by atoms with E-state index in [0.717, 1.165) is 0 Å². The molecule has 0 saturated heterocycles. The van der Waals surface area contributed by atoms with Crippen LogP contribution in [-0.2, 0) is 17.9 Å². The van der Waals surface area contributed by atoms with Gasteiger partial charge in [0.05, 0.1) is 36.1 Å². The largest absolute Gasteiger partial charge is 0.481 e. The second kappa shape index (κ2) is 5.08. The van der Waals surface area contributed by atoms with E-state index in [1.54, 1.807) is 12.4 Å². The lowest BCUT2D eigenvalue weighted by Gasteiger charge is -2.30. The molecule has 0 saturated carbocycles. The standard InChI is InChI=1S/C14H15N3O4/c1-2-16-8-15-11-6-17(5-10(12(11)16)14(19)20)13(18)9-3-4-21-7-9/h3-4,7-8,10H,2,5-6H2,1H3,(H,19,20). The third-order valence-corrected chi connectivity index (χ3v) is 3.73. The molecule has 0 radical (unpaired) electrons. The van der Waals surface area contributed by atoms with E-state index < -0.39 is 11.9 Å². The van der Waals surface area contributed by atoms with Gasteiger partial charge in [-0.2, -0.15) is 0 Å². The number of imidazole rings is 1. The van der Waals surface area contributed by atoms with Gasteiger partial charge in [-0.3, -0.25) is 9.59 Å². The van der Waals surface area contributed by atoms with Crippen molar-refractivity contribution in [3.8, 4) is 0 Å². The molecule has 110 valence electrons. The number of aliphatic carboxylic acids is 1. The number of hydrogen-bond donors (Lipinski definition) is 1. The smallest absolute Gasteiger partial charge is 0.314 e. The van der Waals surface area contributed by atoms with Gasteiger partial charge in [0, 0.05) is 13.1 Å². The number of fused-ring (bicyclic) bond motifs is 1. The topological polar surface area (TPSA) is 88.6 Å². The van der Waals surface area contributed by atoms with Gasteiger partial charge < -0.3 is 19.0 Å². The van der Waals surface area contributed by atoms with Gasteiger partial charge in [-0.1, -0.05) is 0 Å². The highest BCUT2D eigenvalue weighted by molar-refractivity contribution is 5.94. The van der Waals surface area contributed by atoms with Crippen molar-refractivity contribution in [1.29, 1.82) is 0 Å². The van der Waals surface area contributed by atoms with E-state index in [4.69, 9.17) is 4.42 Å². The van der Waals surface area contributed by atoms with Gasteiger partial charge in [-0.25, -0.2) is 4.98 Å². The summed E-state index contributed by atoms with van der Waals surface area (Å²) in [5.41, 5.74) is 1.76. The molecular weight excluding hydrogens is 274 g/mol. The van der Waals surface area contributed by atoms with E-state index >= 15 is 0 Å². The van der Waals surface area contributed by atoms with Crippen molar-refractivity contribution in [2.75, 3.05) is 6.54 Å². The highest BCUT2D eigenvalue weighted by Gasteiger charge is 2.36. The quantitative estimate of drug-likeness (QED) is 0.920. The molecule has 1 aliphatic heterocycles. The molecule has 0 aromatic carbocycles. The summed E-state index contributed by atoms with van der Waals surface area (Å²) < 4.78 is 6.74. The first-order chi connectivity index (χ1) is 10.1. The van der Waals surface area contributed by atoms with Crippen LogP contribution in [0.5, 0.6) is 0 Å². The fourth-order valence-corrected chi connectivity index (χ4v) is 2.68. The molecule has 7 heteroatoms. The van der Waals surface area contributed by atoms with Crippen LogP contribution in [0.1, 0.15) is 34.6 Å². The van der Waals surface area contributed by atoms with Gasteiger partial charge >= 0.3 is 5.97 Å². The Morgan fingerprint density at radius 1 is 1.52 bits per heavy atom. The Morgan fingerprint density at radius 3 is 2.95 bits per heavy atom. The van der Waals surface area contributed by atoms with Gasteiger partial charge in [0.1, 0.15) is 12.2 Å². The molecular formula is C14H15N3O4. The maximum atomic E-state index is 12.4. The summed E-state index contributed by atoms with van der Waals surface area (Å²) in [4.78, 5) is 29.6. The maximum absolute atomic E-state index is 12.4. The van der Waals surface area contributed by atoms with Crippen LogP contribution in [0.25, 0.3) is 0 Å². The van der Waals surface area contributed by atoms with E-state index in [1.807, 2.05) is 11.5 Å². The highest BCUT2D eigenvalue weighted by atomic mass is 16.4. The summed E-state index contributed by atoms with van der Waals surface area (Å²) in [6.45, 7) is 3.04. The first-order valence-electron chi connectivity index (χ1n) is 6.70. The van der Waals surface area contributed by atoms with Crippen molar-refractivity contribution in [3.63, 3.8) is 0 Å². The minimum absolute atomic E-state index is 0.137. The first kappa shape index (κ1) is 13.4. The van der Waals surface area contributed by atoms with Gasteiger partial charge in [0.2, 0.25) is 0 Å². The molecule has 1 N–H and O–H groups in total. The molecule has 1 amide bonds. The summed E-state index contributed by atoms with van der Waals surface area (Å²) in [6, 6.07) is 1.57. The van der Waals surface area contributed by atoms with Crippen molar-refractivity contribution in [3.05, 3.63) is 41.9 Å². The minimum atomic E-state index is -0.948. The maximum Gasteiger partial charge on any atom is 0.314 e. The highest BCUT2D eigenvalue weighted by Crippen LogP contribution is 2.29. The number of aryl methyl sites for hydroxylation is 1. The lowest BCUT2D eigenvalue weighted by atomic mass is 9.97. The molecule has 1 atom stereocenters. The number of carbonyl (C=O) groups excluding carboxylic acids is 1. The van der Waals surface area contributed by atoms with Crippen LogP contribution in [0.2, 0.25) is 0 Å². The molecule has 1 unspecified atom stereocenters. The summed E-state index contributed by atoms with van der Waals surface area (Å²) in [6.07, 6.45) is 4.41. The van der Waals surface area contributed by atoms with E-state index in [9.17, 15) is 14.7 Å². The monoisotopic (exact) mass is 289 g/mol. The van der Waals surface area contributed by atoms with Crippen LogP contribution >= 0.6 is 0 Å². The molecule has 1 aliphatic rings. The number of amides is 1. The zero-order chi connectivity index (χ0) is 15.0. The Hall–Kier alpha value is -2.57. The van der Waals surface area contributed by atoms with Crippen molar-refractivity contribution in [1.82, 2.24) is 14.5 Å². The number of aromatic nitrogens is 2. The summed E-state index contributed by atoms with van der Waals surface area (Å²) in [7, 11) is 0. The zero-order valence-corrected chi connectivity index (χ0v) is 11.5. The van der Waals surface area contributed by atoms with Crippen LogP contribution in [0.3, 0.4) is 0 Å². The van der Waals surface area contributed by atoms with Crippen molar-refractivity contribution >= 4 is 11.9 Å². The number of carboxylic acids is 1. The second-order valence-corrected chi connectivity index (χ2v) is 4.95. The Kier molecular flexibility index (Phi) is 3.25. The van der Waals surface area contributed by atoms with E-state index in [-0.39, 0.29) is 12.5 Å². The summed E-state index contributed by atoms with van der Waals surface area (Å²) in [5.74, 6) is -1.95. The average Bonchev–Trinajstić information content (AvgIpc) is 3.14.